The van der Waals surface area contributed by atoms with Crippen LogP contribution in [0.3, 0.4) is 0 Å². The molecule has 1 fully saturated rings. The van der Waals surface area contributed by atoms with E-state index in [1.807, 2.05) is 42.6 Å². The number of rotatable bonds is 6. The van der Waals surface area contributed by atoms with Gasteiger partial charge in [0.05, 0.1) is 6.04 Å². The maximum absolute atomic E-state index is 13.5. The van der Waals surface area contributed by atoms with Gasteiger partial charge in [-0.25, -0.2) is 4.98 Å². The van der Waals surface area contributed by atoms with Crippen molar-refractivity contribution in [3.05, 3.63) is 85.7 Å². The molecule has 2 aromatic heterocycles. The molecule has 3 heterocycles. The van der Waals surface area contributed by atoms with Gasteiger partial charge in [-0.3, -0.25) is 30.0 Å². The zero-order valence-electron chi connectivity index (χ0n) is 20.5. The van der Waals surface area contributed by atoms with Crippen molar-refractivity contribution in [1.82, 2.24) is 25.3 Å². The highest BCUT2D eigenvalue weighted by Crippen LogP contribution is 2.34. The van der Waals surface area contributed by atoms with Crippen LogP contribution in [0, 0.1) is 12.8 Å². The van der Waals surface area contributed by atoms with E-state index < -0.39 is 11.5 Å². The van der Waals surface area contributed by atoms with Crippen molar-refractivity contribution in [1.29, 1.82) is 0 Å². The largest absolute Gasteiger partial charge is 0.328 e. The van der Waals surface area contributed by atoms with Gasteiger partial charge in [0, 0.05) is 42.2 Å². The van der Waals surface area contributed by atoms with Crippen LogP contribution in [0.5, 0.6) is 0 Å². The number of pyridine rings is 1. The minimum Gasteiger partial charge on any atom is -0.328 e. The van der Waals surface area contributed by atoms with E-state index in [9.17, 15) is 19.2 Å². The smallest absolute Gasteiger partial charge is 0.271 e. The Morgan fingerprint density at radius 3 is 2.61 bits per heavy atom. The first-order chi connectivity index (χ1) is 17.2. The SMILES string of the molecule is Cc1csc(C2CCCN2C(=O)c2cc(C(=O)NNC(=O)C(C)Cc3ccccc3)cc(=O)n2C)n1. The number of likely N-dealkylation sites (tertiary alicyclic amines) is 1. The summed E-state index contributed by atoms with van der Waals surface area (Å²) in [4.78, 5) is 57.5. The number of aromatic nitrogens is 2. The van der Waals surface area contributed by atoms with Crippen LogP contribution in [0.2, 0.25) is 0 Å². The van der Waals surface area contributed by atoms with Crippen molar-refractivity contribution in [2.24, 2.45) is 13.0 Å². The molecule has 2 unspecified atom stereocenters. The second-order valence-corrected chi connectivity index (χ2v) is 9.93. The molecule has 10 heteroatoms. The van der Waals surface area contributed by atoms with Crippen LogP contribution >= 0.6 is 11.3 Å². The highest BCUT2D eigenvalue weighted by molar-refractivity contribution is 7.09. The molecular formula is C26H29N5O4S. The van der Waals surface area contributed by atoms with Crippen LogP contribution in [0.15, 0.2) is 52.6 Å². The van der Waals surface area contributed by atoms with Crippen LogP contribution < -0.4 is 16.4 Å². The summed E-state index contributed by atoms with van der Waals surface area (Å²) >= 11 is 1.51. The lowest BCUT2D eigenvalue weighted by atomic mass is 10.0. The molecule has 3 amide bonds. The Bertz CT molecular complexity index is 1330. The average Bonchev–Trinajstić information content (AvgIpc) is 3.53. The second-order valence-electron chi connectivity index (χ2n) is 9.04. The van der Waals surface area contributed by atoms with Crippen molar-refractivity contribution in [2.75, 3.05) is 6.54 Å². The average molecular weight is 508 g/mol. The molecule has 2 N–H and O–H groups in total. The molecule has 9 nitrogen and oxygen atoms in total. The fourth-order valence-corrected chi connectivity index (χ4v) is 5.23. The summed E-state index contributed by atoms with van der Waals surface area (Å²) in [6.07, 6.45) is 2.14. The third-order valence-electron chi connectivity index (χ3n) is 6.31. The van der Waals surface area contributed by atoms with Gasteiger partial charge in [0.15, 0.2) is 0 Å². The van der Waals surface area contributed by atoms with Gasteiger partial charge >= 0.3 is 0 Å². The Balaban J connectivity index is 1.46. The highest BCUT2D eigenvalue weighted by atomic mass is 32.1. The quantitative estimate of drug-likeness (QED) is 0.498. The zero-order chi connectivity index (χ0) is 25.8. The number of hydrogen-bond acceptors (Lipinski definition) is 6. The Labute approximate surface area is 213 Å². The molecule has 188 valence electrons. The summed E-state index contributed by atoms with van der Waals surface area (Å²) in [6, 6.07) is 12.0. The predicted molar refractivity (Wildman–Crippen MR) is 136 cm³/mol. The van der Waals surface area contributed by atoms with Crippen molar-refractivity contribution in [3.8, 4) is 0 Å². The van der Waals surface area contributed by atoms with E-state index in [2.05, 4.69) is 15.8 Å². The normalized spacial score (nSPS) is 16.0. The molecule has 2 atom stereocenters. The molecule has 36 heavy (non-hydrogen) atoms. The lowest BCUT2D eigenvalue weighted by molar-refractivity contribution is -0.125. The van der Waals surface area contributed by atoms with E-state index in [1.54, 1.807) is 11.8 Å². The minimum absolute atomic E-state index is 0.00157. The lowest BCUT2D eigenvalue weighted by Gasteiger charge is -2.24. The third-order valence-corrected chi connectivity index (χ3v) is 7.38. The molecule has 0 spiro atoms. The maximum Gasteiger partial charge on any atom is 0.271 e. The number of aryl methyl sites for hydroxylation is 1. The van der Waals surface area contributed by atoms with E-state index in [-0.39, 0.29) is 35.0 Å². The van der Waals surface area contributed by atoms with E-state index in [0.717, 1.165) is 35.2 Å². The summed E-state index contributed by atoms with van der Waals surface area (Å²) in [5.74, 6) is -1.74. The third kappa shape index (κ3) is 5.54. The van der Waals surface area contributed by atoms with Crippen LogP contribution in [0.25, 0.3) is 0 Å². The number of amides is 3. The van der Waals surface area contributed by atoms with E-state index in [0.29, 0.717) is 13.0 Å². The zero-order valence-corrected chi connectivity index (χ0v) is 21.3. The highest BCUT2D eigenvalue weighted by Gasteiger charge is 2.33. The van der Waals surface area contributed by atoms with Crippen LogP contribution in [-0.4, -0.2) is 38.7 Å². The Morgan fingerprint density at radius 2 is 1.92 bits per heavy atom. The monoisotopic (exact) mass is 507 g/mol. The summed E-state index contributed by atoms with van der Waals surface area (Å²) in [7, 11) is 1.50. The number of carbonyl (C=O) groups is 3. The summed E-state index contributed by atoms with van der Waals surface area (Å²) in [5.41, 5.74) is 6.31. The lowest BCUT2D eigenvalue weighted by Crippen LogP contribution is -2.45. The van der Waals surface area contributed by atoms with Gasteiger partial charge in [-0.1, -0.05) is 37.3 Å². The van der Waals surface area contributed by atoms with Crippen molar-refractivity contribution in [3.63, 3.8) is 0 Å². The van der Waals surface area contributed by atoms with E-state index in [1.165, 1.54) is 29.0 Å². The van der Waals surface area contributed by atoms with Crippen LogP contribution in [0.1, 0.15) is 62.9 Å². The number of carbonyl (C=O) groups excluding carboxylic acids is 3. The van der Waals surface area contributed by atoms with Gasteiger partial charge in [0.2, 0.25) is 5.91 Å². The van der Waals surface area contributed by atoms with Gasteiger partial charge in [0.1, 0.15) is 10.7 Å². The molecule has 0 bridgehead atoms. The Morgan fingerprint density at radius 1 is 1.17 bits per heavy atom. The summed E-state index contributed by atoms with van der Waals surface area (Å²) < 4.78 is 1.24. The first-order valence-corrected chi connectivity index (χ1v) is 12.7. The maximum atomic E-state index is 13.5. The molecule has 0 radical (unpaired) electrons. The van der Waals surface area contributed by atoms with E-state index in [4.69, 9.17) is 0 Å². The van der Waals surface area contributed by atoms with Crippen molar-refractivity contribution < 1.29 is 14.4 Å². The standard InChI is InChI=1S/C26H29N5O4S/c1-16(12-18-8-5-4-6-9-18)23(33)28-29-24(34)19-13-21(30(3)22(32)14-19)26(35)31-11-7-10-20(31)25-27-17(2)15-36-25/h4-6,8-9,13-16,20H,7,10-12H2,1-3H3,(H,28,33)(H,29,34). The van der Waals surface area contributed by atoms with Crippen molar-refractivity contribution >= 4 is 29.1 Å². The topological polar surface area (TPSA) is 113 Å². The number of hydrazine groups is 1. The van der Waals surface area contributed by atoms with Gasteiger partial charge < -0.3 is 9.47 Å². The Hall–Kier alpha value is -3.79. The minimum atomic E-state index is -0.671. The van der Waals surface area contributed by atoms with Gasteiger partial charge in [-0.15, -0.1) is 11.3 Å². The number of nitrogens with one attached hydrogen (secondary N) is 2. The van der Waals surface area contributed by atoms with Crippen LogP contribution in [-0.2, 0) is 18.3 Å². The molecule has 0 aliphatic carbocycles. The molecule has 1 aliphatic heterocycles. The number of benzene rings is 1. The molecule has 1 aliphatic rings. The van der Waals surface area contributed by atoms with Gasteiger partial charge in [-0.05, 0) is 37.8 Å². The van der Waals surface area contributed by atoms with Crippen LogP contribution in [0.4, 0.5) is 0 Å². The molecule has 0 saturated carbocycles. The number of thiazole rings is 1. The second kappa shape index (κ2) is 10.9. The first-order valence-electron chi connectivity index (χ1n) is 11.8. The molecule has 3 aromatic rings. The number of nitrogens with zero attached hydrogens (tertiary/aromatic N) is 3. The molecule has 1 saturated heterocycles. The fraction of sp³-hybridized carbons (Fsp3) is 0.346. The summed E-state index contributed by atoms with van der Waals surface area (Å²) in [6.45, 7) is 4.22. The molecule has 4 rings (SSSR count). The number of hydrogen-bond donors (Lipinski definition) is 2. The first kappa shape index (κ1) is 25.3. The Kier molecular flexibility index (Phi) is 7.64. The summed E-state index contributed by atoms with van der Waals surface area (Å²) in [5, 5.41) is 2.82. The predicted octanol–water partition coefficient (Wildman–Crippen LogP) is 2.77. The van der Waals surface area contributed by atoms with Crippen molar-refractivity contribution in [2.45, 2.75) is 39.2 Å². The molecule has 1 aromatic carbocycles. The fourth-order valence-electron chi connectivity index (χ4n) is 4.28. The van der Waals surface area contributed by atoms with E-state index >= 15 is 0 Å². The van der Waals surface area contributed by atoms with Gasteiger partial charge in [-0.2, -0.15) is 0 Å². The van der Waals surface area contributed by atoms with Gasteiger partial charge in [0.25, 0.3) is 17.4 Å². The molecular weight excluding hydrogens is 478 g/mol.